The van der Waals surface area contributed by atoms with Crippen molar-refractivity contribution in [2.45, 2.75) is 32.6 Å². The van der Waals surface area contributed by atoms with E-state index in [0.29, 0.717) is 11.7 Å². The molecule has 1 fully saturated rings. The number of benzene rings is 1. The summed E-state index contributed by atoms with van der Waals surface area (Å²) in [5.74, 6) is 2.69. The van der Waals surface area contributed by atoms with E-state index in [4.69, 9.17) is 0 Å². The molecule has 0 saturated heterocycles. The van der Waals surface area contributed by atoms with Gasteiger partial charge in [0.15, 0.2) is 0 Å². The van der Waals surface area contributed by atoms with Crippen LogP contribution in [0.3, 0.4) is 0 Å². The number of phenolic OH excluding ortho intramolecular Hbond substituents is 1. The van der Waals surface area contributed by atoms with Crippen LogP contribution in [0, 0.1) is 11.8 Å². The first-order valence-corrected chi connectivity index (χ1v) is 5.47. The SMILES string of the molecule is CC1[C@H](C)CC[C@@H]1c1ccc(O)cc1. The van der Waals surface area contributed by atoms with E-state index < -0.39 is 0 Å². The smallest absolute Gasteiger partial charge is 0.115 e. The van der Waals surface area contributed by atoms with Crippen LogP contribution < -0.4 is 0 Å². The van der Waals surface area contributed by atoms with Gasteiger partial charge in [-0.2, -0.15) is 0 Å². The molecule has 1 heteroatoms. The van der Waals surface area contributed by atoms with Gasteiger partial charge in [-0.25, -0.2) is 0 Å². The molecule has 1 N–H and O–H groups in total. The highest BCUT2D eigenvalue weighted by molar-refractivity contribution is 5.29. The van der Waals surface area contributed by atoms with Crippen LogP contribution in [-0.2, 0) is 0 Å². The van der Waals surface area contributed by atoms with Gasteiger partial charge in [-0.05, 0) is 48.3 Å². The summed E-state index contributed by atoms with van der Waals surface area (Å²) in [5, 5.41) is 9.22. The van der Waals surface area contributed by atoms with Crippen LogP contribution in [0.4, 0.5) is 0 Å². The summed E-state index contributed by atoms with van der Waals surface area (Å²) in [5.41, 5.74) is 1.39. The molecule has 0 bridgehead atoms. The number of aromatic hydroxyl groups is 1. The standard InChI is InChI=1S/C13H18O/c1-9-3-8-13(10(9)2)11-4-6-12(14)7-5-11/h4-7,9-10,13-14H,3,8H2,1-2H3/t9-,10?,13+/m1/s1. The van der Waals surface area contributed by atoms with Crippen LogP contribution in [-0.4, -0.2) is 5.11 Å². The summed E-state index contributed by atoms with van der Waals surface area (Å²) >= 11 is 0. The molecule has 3 atom stereocenters. The molecule has 76 valence electrons. The Kier molecular flexibility index (Phi) is 2.49. The summed E-state index contributed by atoms with van der Waals surface area (Å²) in [6, 6.07) is 7.72. The fourth-order valence-electron chi connectivity index (χ4n) is 2.56. The summed E-state index contributed by atoms with van der Waals surface area (Å²) in [6.45, 7) is 4.68. The molecular formula is C13H18O. The molecule has 0 radical (unpaired) electrons. The molecule has 0 spiro atoms. The Hall–Kier alpha value is -0.980. The van der Waals surface area contributed by atoms with E-state index in [9.17, 15) is 5.11 Å². The normalized spacial score (nSPS) is 32.0. The number of rotatable bonds is 1. The zero-order valence-corrected chi connectivity index (χ0v) is 8.90. The second-order valence-corrected chi connectivity index (χ2v) is 4.61. The number of hydrogen-bond donors (Lipinski definition) is 1. The van der Waals surface area contributed by atoms with Crippen molar-refractivity contribution in [1.29, 1.82) is 0 Å². The minimum Gasteiger partial charge on any atom is -0.508 e. The molecule has 1 nitrogen and oxygen atoms in total. The van der Waals surface area contributed by atoms with Gasteiger partial charge in [0.2, 0.25) is 0 Å². The van der Waals surface area contributed by atoms with E-state index in [-0.39, 0.29) is 0 Å². The van der Waals surface area contributed by atoms with Gasteiger partial charge in [-0.1, -0.05) is 26.0 Å². The van der Waals surface area contributed by atoms with Crippen LogP contribution in [0.15, 0.2) is 24.3 Å². The molecule has 0 amide bonds. The Morgan fingerprint density at radius 2 is 1.71 bits per heavy atom. The highest BCUT2D eigenvalue weighted by Crippen LogP contribution is 2.43. The molecule has 2 rings (SSSR count). The summed E-state index contributed by atoms with van der Waals surface area (Å²) < 4.78 is 0. The van der Waals surface area contributed by atoms with Crippen LogP contribution in [0.25, 0.3) is 0 Å². The topological polar surface area (TPSA) is 20.2 Å². The summed E-state index contributed by atoms with van der Waals surface area (Å²) in [7, 11) is 0. The Bertz CT molecular complexity index is 302. The van der Waals surface area contributed by atoms with E-state index in [1.165, 1.54) is 18.4 Å². The Morgan fingerprint density at radius 1 is 1.07 bits per heavy atom. The number of phenols is 1. The Labute approximate surface area is 85.8 Å². The van der Waals surface area contributed by atoms with Crippen molar-refractivity contribution in [3.05, 3.63) is 29.8 Å². The van der Waals surface area contributed by atoms with Gasteiger partial charge in [-0.15, -0.1) is 0 Å². The average molecular weight is 190 g/mol. The van der Waals surface area contributed by atoms with Gasteiger partial charge in [-0.3, -0.25) is 0 Å². The first kappa shape index (κ1) is 9.57. The molecule has 1 aromatic carbocycles. The molecule has 1 aliphatic carbocycles. The zero-order valence-electron chi connectivity index (χ0n) is 8.90. The molecule has 0 heterocycles. The van der Waals surface area contributed by atoms with Crippen molar-refractivity contribution in [1.82, 2.24) is 0 Å². The van der Waals surface area contributed by atoms with Gasteiger partial charge < -0.3 is 5.11 Å². The minimum atomic E-state index is 0.368. The van der Waals surface area contributed by atoms with Gasteiger partial charge in [0.25, 0.3) is 0 Å². The van der Waals surface area contributed by atoms with E-state index in [1.54, 1.807) is 12.1 Å². The monoisotopic (exact) mass is 190 g/mol. The highest BCUT2D eigenvalue weighted by atomic mass is 16.3. The maximum atomic E-state index is 9.22. The first-order valence-electron chi connectivity index (χ1n) is 5.47. The zero-order chi connectivity index (χ0) is 10.1. The van der Waals surface area contributed by atoms with E-state index >= 15 is 0 Å². The molecule has 0 aliphatic heterocycles. The molecule has 1 saturated carbocycles. The molecule has 14 heavy (non-hydrogen) atoms. The van der Waals surface area contributed by atoms with Crippen LogP contribution >= 0.6 is 0 Å². The third-order valence-corrected chi connectivity index (χ3v) is 3.79. The predicted octanol–water partition coefficient (Wildman–Crippen LogP) is 3.54. The Morgan fingerprint density at radius 3 is 2.21 bits per heavy atom. The molecule has 0 aromatic heterocycles. The summed E-state index contributed by atoms with van der Waals surface area (Å²) in [4.78, 5) is 0. The van der Waals surface area contributed by atoms with Gasteiger partial charge in [0.05, 0.1) is 0 Å². The number of hydrogen-bond acceptors (Lipinski definition) is 1. The second kappa shape index (κ2) is 3.64. The van der Waals surface area contributed by atoms with Crippen molar-refractivity contribution in [3.63, 3.8) is 0 Å². The van der Waals surface area contributed by atoms with Crippen molar-refractivity contribution in [2.75, 3.05) is 0 Å². The third-order valence-electron chi connectivity index (χ3n) is 3.79. The van der Waals surface area contributed by atoms with Crippen molar-refractivity contribution in [2.24, 2.45) is 11.8 Å². The van der Waals surface area contributed by atoms with Crippen LogP contribution in [0.2, 0.25) is 0 Å². The summed E-state index contributed by atoms with van der Waals surface area (Å²) in [6.07, 6.45) is 2.64. The molecule has 1 aromatic rings. The fourth-order valence-corrected chi connectivity index (χ4v) is 2.56. The van der Waals surface area contributed by atoms with Crippen molar-refractivity contribution in [3.8, 4) is 5.75 Å². The lowest BCUT2D eigenvalue weighted by Crippen LogP contribution is -2.06. The second-order valence-electron chi connectivity index (χ2n) is 4.61. The maximum Gasteiger partial charge on any atom is 0.115 e. The van der Waals surface area contributed by atoms with Crippen molar-refractivity contribution < 1.29 is 5.11 Å². The largest absolute Gasteiger partial charge is 0.508 e. The van der Waals surface area contributed by atoms with Gasteiger partial charge in [0, 0.05) is 0 Å². The minimum absolute atomic E-state index is 0.368. The van der Waals surface area contributed by atoms with E-state index in [1.807, 2.05) is 0 Å². The lowest BCUT2D eigenvalue weighted by Gasteiger charge is -2.18. The van der Waals surface area contributed by atoms with E-state index in [2.05, 4.69) is 26.0 Å². The quantitative estimate of drug-likeness (QED) is 0.718. The molecule has 1 aliphatic rings. The lowest BCUT2D eigenvalue weighted by molar-refractivity contribution is 0.422. The van der Waals surface area contributed by atoms with Crippen LogP contribution in [0.5, 0.6) is 5.75 Å². The third kappa shape index (κ3) is 1.63. The van der Waals surface area contributed by atoms with Gasteiger partial charge in [0.1, 0.15) is 5.75 Å². The maximum absolute atomic E-state index is 9.22. The van der Waals surface area contributed by atoms with E-state index in [0.717, 1.165) is 11.8 Å². The van der Waals surface area contributed by atoms with Crippen molar-refractivity contribution >= 4 is 0 Å². The highest BCUT2D eigenvalue weighted by Gasteiger charge is 2.30. The lowest BCUT2D eigenvalue weighted by atomic mass is 9.87. The Balaban J connectivity index is 2.19. The molecular weight excluding hydrogens is 172 g/mol. The fraction of sp³-hybridized carbons (Fsp3) is 0.538. The first-order chi connectivity index (χ1) is 6.68. The van der Waals surface area contributed by atoms with Gasteiger partial charge >= 0.3 is 0 Å². The predicted molar refractivity (Wildman–Crippen MR) is 58.4 cm³/mol. The molecule has 1 unspecified atom stereocenters. The average Bonchev–Trinajstić information content (AvgIpc) is 2.50. The van der Waals surface area contributed by atoms with Crippen LogP contribution in [0.1, 0.15) is 38.2 Å².